The standard InChI is InChI=1S/C10H23N2O2.BrH.ClH/c1-4-14-10(11)6-5-7-12(2,3)8-9-13;;/h11,13H,4-9H2,1-3H3;2*1H/q+1;;/p-1. The van der Waals surface area contributed by atoms with E-state index in [4.69, 9.17) is 15.3 Å². The third-order valence-corrected chi connectivity index (χ3v) is 2.19. The topological polar surface area (TPSA) is 53.3 Å². The Kier molecular flexibility index (Phi) is 15.6. The summed E-state index contributed by atoms with van der Waals surface area (Å²) in [5, 5.41) is 16.2. The predicted octanol–water partition coefficient (Wildman–Crippen LogP) is -1.73. The van der Waals surface area contributed by atoms with Crippen LogP contribution in [-0.2, 0) is 4.74 Å². The molecule has 100 valence electrons. The molecule has 0 spiro atoms. The minimum Gasteiger partial charge on any atom is -1.00 e. The summed E-state index contributed by atoms with van der Waals surface area (Å²) in [6.07, 6.45) is 1.63. The maximum Gasteiger partial charge on any atom is 0.180 e. The van der Waals surface area contributed by atoms with Crippen LogP contribution in [0.5, 0.6) is 0 Å². The molecule has 0 saturated heterocycles. The lowest BCUT2D eigenvalue weighted by Gasteiger charge is -2.28. The van der Waals surface area contributed by atoms with Crippen LogP contribution in [0.2, 0.25) is 0 Å². The molecule has 0 amide bonds. The summed E-state index contributed by atoms with van der Waals surface area (Å²) in [4.78, 5) is 0. The molecule has 0 aliphatic carbocycles. The molecular formula is C10H24BrClN2O2. The summed E-state index contributed by atoms with van der Waals surface area (Å²) < 4.78 is 5.85. The van der Waals surface area contributed by atoms with Gasteiger partial charge in [-0.05, 0) is 6.92 Å². The van der Waals surface area contributed by atoms with E-state index in [1.807, 2.05) is 6.92 Å². The lowest BCUT2D eigenvalue weighted by atomic mass is 10.2. The third kappa shape index (κ3) is 12.2. The first-order chi connectivity index (χ1) is 6.52. The molecule has 0 aromatic heterocycles. The first kappa shape index (κ1) is 21.4. The fourth-order valence-electron chi connectivity index (χ4n) is 1.30. The molecule has 2 N–H and O–H groups in total. The normalized spacial score (nSPS) is 10.0. The van der Waals surface area contributed by atoms with Crippen molar-refractivity contribution in [2.75, 3.05) is 40.4 Å². The number of nitrogens with zero attached hydrogens (tertiary/aromatic N) is 1. The Morgan fingerprint density at radius 3 is 2.31 bits per heavy atom. The van der Waals surface area contributed by atoms with Gasteiger partial charge in [-0.3, -0.25) is 5.41 Å². The van der Waals surface area contributed by atoms with Crippen molar-refractivity contribution >= 4 is 18.3 Å². The number of hydrogen-bond donors (Lipinski definition) is 2. The lowest BCUT2D eigenvalue weighted by Crippen LogP contribution is -3.00. The van der Waals surface area contributed by atoms with Gasteiger partial charge in [-0.1, -0.05) is 0 Å². The molecule has 0 aliphatic rings. The van der Waals surface area contributed by atoms with Crippen molar-refractivity contribution in [3.8, 4) is 0 Å². The maximum absolute atomic E-state index is 8.81. The van der Waals surface area contributed by atoms with E-state index in [2.05, 4.69) is 14.1 Å². The highest BCUT2D eigenvalue weighted by atomic mass is 79.9. The van der Waals surface area contributed by atoms with E-state index in [-0.39, 0.29) is 36.0 Å². The molecule has 0 unspecified atom stereocenters. The van der Waals surface area contributed by atoms with Crippen LogP contribution in [0.3, 0.4) is 0 Å². The number of rotatable bonds is 7. The smallest absolute Gasteiger partial charge is 0.180 e. The number of likely N-dealkylation sites (N-methyl/N-ethyl adjacent to an activating group) is 1. The van der Waals surface area contributed by atoms with Crippen LogP contribution in [0, 0.1) is 5.41 Å². The summed E-state index contributed by atoms with van der Waals surface area (Å²) in [5.74, 6) is 0.372. The van der Waals surface area contributed by atoms with Crippen LogP contribution < -0.4 is 17.0 Å². The first-order valence-corrected chi connectivity index (χ1v) is 5.15. The zero-order valence-electron chi connectivity index (χ0n) is 10.3. The lowest BCUT2D eigenvalue weighted by molar-refractivity contribution is -0.890. The van der Waals surface area contributed by atoms with Crippen molar-refractivity contribution in [3.05, 3.63) is 0 Å². The van der Waals surface area contributed by atoms with Crippen molar-refractivity contribution in [2.45, 2.75) is 19.8 Å². The maximum atomic E-state index is 8.81. The second-order valence-electron chi connectivity index (χ2n) is 4.07. The quantitative estimate of drug-likeness (QED) is 0.333. The zero-order valence-corrected chi connectivity index (χ0v) is 12.7. The monoisotopic (exact) mass is 318 g/mol. The molecule has 0 atom stereocenters. The number of ether oxygens (including phenoxy) is 1. The van der Waals surface area contributed by atoms with E-state index in [1.165, 1.54) is 0 Å². The van der Waals surface area contributed by atoms with E-state index in [0.29, 0.717) is 18.9 Å². The molecule has 0 bridgehead atoms. The Morgan fingerprint density at radius 1 is 1.31 bits per heavy atom. The fraction of sp³-hybridized carbons (Fsp3) is 0.900. The van der Waals surface area contributed by atoms with Crippen molar-refractivity contribution in [1.29, 1.82) is 5.41 Å². The number of hydrogen-bond acceptors (Lipinski definition) is 3. The summed E-state index contributed by atoms with van der Waals surface area (Å²) in [7, 11) is 4.17. The van der Waals surface area contributed by atoms with E-state index < -0.39 is 0 Å². The van der Waals surface area contributed by atoms with E-state index in [1.54, 1.807) is 0 Å². The zero-order chi connectivity index (χ0) is 11.0. The predicted molar refractivity (Wildman–Crippen MR) is 64.8 cm³/mol. The molecule has 0 saturated carbocycles. The molecule has 0 fully saturated rings. The average Bonchev–Trinajstić information content (AvgIpc) is 2.03. The van der Waals surface area contributed by atoms with Crippen molar-refractivity contribution in [3.63, 3.8) is 0 Å². The van der Waals surface area contributed by atoms with Gasteiger partial charge in [-0.2, -0.15) is 0 Å². The van der Waals surface area contributed by atoms with Crippen molar-refractivity contribution in [1.82, 2.24) is 0 Å². The van der Waals surface area contributed by atoms with Gasteiger partial charge in [0.1, 0.15) is 6.54 Å². The van der Waals surface area contributed by atoms with Gasteiger partial charge in [0, 0.05) is 12.8 Å². The summed E-state index contributed by atoms with van der Waals surface area (Å²) in [5.41, 5.74) is 0. The summed E-state index contributed by atoms with van der Waals surface area (Å²) >= 11 is 0. The van der Waals surface area contributed by atoms with E-state index >= 15 is 0 Å². The Labute approximate surface area is 115 Å². The number of aliphatic hydroxyl groups excluding tert-OH is 1. The molecule has 0 aromatic carbocycles. The second-order valence-corrected chi connectivity index (χ2v) is 4.07. The number of halogens is 2. The van der Waals surface area contributed by atoms with E-state index in [9.17, 15) is 0 Å². The minimum absolute atomic E-state index is 0. The Hall–Kier alpha value is 0.160. The highest BCUT2D eigenvalue weighted by molar-refractivity contribution is 5.85. The SMILES string of the molecule is CCOC(=N)CCC[N+](C)(C)CCO.Cl.[Br-]. The van der Waals surface area contributed by atoms with Gasteiger partial charge in [-0.25, -0.2) is 0 Å². The van der Waals surface area contributed by atoms with E-state index in [0.717, 1.165) is 24.0 Å². The Bertz CT molecular complexity index is 180. The fourth-order valence-corrected chi connectivity index (χ4v) is 1.30. The van der Waals surface area contributed by atoms with Crippen LogP contribution >= 0.6 is 12.4 Å². The van der Waals surface area contributed by atoms with Crippen LogP contribution in [0.1, 0.15) is 19.8 Å². The first-order valence-electron chi connectivity index (χ1n) is 5.15. The third-order valence-electron chi connectivity index (χ3n) is 2.19. The molecule has 0 rings (SSSR count). The molecule has 16 heavy (non-hydrogen) atoms. The molecule has 0 aliphatic heterocycles. The van der Waals surface area contributed by atoms with Crippen LogP contribution in [-0.4, -0.2) is 55.9 Å². The van der Waals surface area contributed by atoms with Crippen LogP contribution in [0.4, 0.5) is 0 Å². The molecule has 0 radical (unpaired) electrons. The number of nitrogens with one attached hydrogen (secondary N) is 1. The van der Waals surface area contributed by atoms with Crippen molar-refractivity contribution < 1.29 is 31.3 Å². The van der Waals surface area contributed by atoms with Gasteiger partial charge >= 0.3 is 0 Å². The second kappa shape index (κ2) is 11.6. The molecular weight excluding hydrogens is 295 g/mol. The summed E-state index contributed by atoms with van der Waals surface area (Å²) in [6, 6.07) is 0. The van der Waals surface area contributed by atoms with Gasteiger partial charge in [0.05, 0.1) is 33.9 Å². The molecule has 0 aromatic rings. The van der Waals surface area contributed by atoms with Gasteiger partial charge < -0.3 is 31.3 Å². The Balaban J connectivity index is -0.000000845. The molecule has 4 nitrogen and oxygen atoms in total. The largest absolute Gasteiger partial charge is 1.00 e. The van der Waals surface area contributed by atoms with Crippen LogP contribution in [0.15, 0.2) is 0 Å². The Morgan fingerprint density at radius 2 is 1.88 bits per heavy atom. The van der Waals surface area contributed by atoms with Gasteiger partial charge in [0.25, 0.3) is 0 Å². The van der Waals surface area contributed by atoms with Gasteiger partial charge in [-0.15, -0.1) is 12.4 Å². The van der Waals surface area contributed by atoms with Gasteiger partial charge in [0.2, 0.25) is 0 Å². The minimum atomic E-state index is 0. The average molecular weight is 320 g/mol. The number of aliphatic hydroxyl groups is 1. The number of quaternary nitrogens is 1. The highest BCUT2D eigenvalue weighted by Gasteiger charge is 2.13. The molecule has 6 heteroatoms. The van der Waals surface area contributed by atoms with Crippen LogP contribution in [0.25, 0.3) is 0 Å². The highest BCUT2D eigenvalue weighted by Crippen LogP contribution is 2.02. The summed E-state index contributed by atoms with van der Waals surface area (Å²) in [6.45, 7) is 4.42. The van der Waals surface area contributed by atoms with Gasteiger partial charge in [0.15, 0.2) is 5.90 Å². The van der Waals surface area contributed by atoms with Crippen molar-refractivity contribution in [2.24, 2.45) is 0 Å². The molecule has 0 heterocycles.